The van der Waals surface area contributed by atoms with Gasteiger partial charge >= 0.3 is 0 Å². The van der Waals surface area contributed by atoms with Gasteiger partial charge < -0.3 is 15.1 Å². The third-order valence-corrected chi connectivity index (χ3v) is 5.59. The number of thiazole rings is 1. The molecule has 0 radical (unpaired) electrons. The first-order valence-electron chi connectivity index (χ1n) is 8.32. The number of aromatic nitrogens is 1. The van der Waals surface area contributed by atoms with E-state index in [2.05, 4.69) is 50.6 Å². The average Bonchev–Trinajstić information content (AvgIpc) is 3.30. The molecular weight excluding hydrogens is 430 g/mol. The molecule has 0 spiro atoms. The fourth-order valence-corrected chi connectivity index (χ4v) is 3.54. The highest BCUT2D eigenvalue weighted by atomic mass is 79.9. The van der Waals surface area contributed by atoms with E-state index in [1.54, 1.807) is 18.3 Å². The molecule has 8 heteroatoms. The van der Waals surface area contributed by atoms with E-state index < -0.39 is 0 Å². The molecule has 0 aliphatic carbocycles. The standard InChI is InChI=1S/C19H18BrN3O3S/c1-12-9-13(4-5-15(12)20)10-14-11-22-19(27-14)23-17(24)6-7-21-18(25)16-3-2-8-26-16/h2-5,8-9,11H,6-7,10H2,1H3,(H,21,25)(H,22,23,24). The number of carbonyl (C=O) groups excluding carboxylic acids is 2. The predicted octanol–water partition coefficient (Wildman–Crippen LogP) is 4.16. The van der Waals surface area contributed by atoms with Gasteiger partial charge in [-0.3, -0.25) is 9.59 Å². The Morgan fingerprint density at radius 1 is 1.30 bits per heavy atom. The first kappa shape index (κ1) is 19.3. The molecule has 140 valence electrons. The Labute approximate surface area is 169 Å². The van der Waals surface area contributed by atoms with Crippen molar-refractivity contribution in [1.29, 1.82) is 0 Å². The fraction of sp³-hybridized carbons (Fsp3) is 0.211. The normalized spacial score (nSPS) is 10.6. The highest BCUT2D eigenvalue weighted by Crippen LogP contribution is 2.23. The Morgan fingerprint density at radius 2 is 2.15 bits per heavy atom. The van der Waals surface area contributed by atoms with E-state index in [1.807, 2.05) is 6.07 Å². The molecule has 2 N–H and O–H groups in total. The zero-order valence-electron chi connectivity index (χ0n) is 14.6. The number of furan rings is 1. The van der Waals surface area contributed by atoms with Gasteiger partial charge in [0.1, 0.15) is 0 Å². The second-order valence-corrected chi connectivity index (χ2v) is 7.89. The number of carbonyl (C=O) groups is 2. The lowest BCUT2D eigenvalue weighted by Crippen LogP contribution is -2.27. The number of amides is 2. The van der Waals surface area contributed by atoms with Crippen LogP contribution >= 0.6 is 27.3 Å². The van der Waals surface area contributed by atoms with Crippen LogP contribution < -0.4 is 10.6 Å². The smallest absolute Gasteiger partial charge is 0.286 e. The number of aryl methyl sites for hydroxylation is 1. The molecule has 0 atom stereocenters. The summed E-state index contributed by atoms with van der Waals surface area (Å²) >= 11 is 4.94. The van der Waals surface area contributed by atoms with Crippen molar-refractivity contribution >= 4 is 44.2 Å². The minimum absolute atomic E-state index is 0.160. The van der Waals surface area contributed by atoms with Crippen LogP contribution in [-0.2, 0) is 11.2 Å². The van der Waals surface area contributed by atoms with Gasteiger partial charge in [0.25, 0.3) is 5.91 Å². The summed E-state index contributed by atoms with van der Waals surface area (Å²) in [6.07, 6.45) is 4.13. The van der Waals surface area contributed by atoms with E-state index >= 15 is 0 Å². The number of benzene rings is 1. The summed E-state index contributed by atoms with van der Waals surface area (Å²) in [6, 6.07) is 9.43. The van der Waals surface area contributed by atoms with Crippen LogP contribution in [0.25, 0.3) is 0 Å². The zero-order chi connectivity index (χ0) is 19.2. The van der Waals surface area contributed by atoms with Crippen LogP contribution in [0.3, 0.4) is 0 Å². The van der Waals surface area contributed by atoms with Gasteiger partial charge in [-0.1, -0.05) is 28.1 Å². The predicted molar refractivity (Wildman–Crippen MR) is 108 cm³/mol. The highest BCUT2D eigenvalue weighted by molar-refractivity contribution is 9.10. The van der Waals surface area contributed by atoms with Gasteiger partial charge in [0.2, 0.25) is 5.91 Å². The Morgan fingerprint density at radius 3 is 2.89 bits per heavy atom. The molecule has 0 unspecified atom stereocenters. The fourth-order valence-electron chi connectivity index (χ4n) is 2.43. The third kappa shape index (κ3) is 5.51. The van der Waals surface area contributed by atoms with Gasteiger partial charge in [0.15, 0.2) is 10.9 Å². The molecule has 0 aliphatic heterocycles. The van der Waals surface area contributed by atoms with Crippen molar-refractivity contribution in [2.45, 2.75) is 19.8 Å². The Balaban J connectivity index is 1.46. The molecule has 3 aromatic rings. The first-order chi connectivity index (χ1) is 13.0. The van der Waals surface area contributed by atoms with Crippen LogP contribution in [0.2, 0.25) is 0 Å². The topological polar surface area (TPSA) is 84.2 Å². The van der Waals surface area contributed by atoms with Gasteiger partial charge in [-0.15, -0.1) is 11.3 Å². The Bertz CT molecular complexity index is 938. The van der Waals surface area contributed by atoms with Gasteiger partial charge in [-0.05, 0) is 36.2 Å². The number of rotatable bonds is 7. The van der Waals surface area contributed by atoms with Crippen molar-refractivity contribution in [3.8, 4) is 0 Å². The quantitative estimate of drug-likeness (QED) is 0.569. The van der Waals surface area contributed by atoms with Crippen LogP contribution in [0.15, 0.2) is 51.7 Å². The molecule has 0 bridgehead atoms. The lowest BCUT2D eigenvalue weighted by molar-refractivity contribution is -0.116. The van der Waals surface area contributed by atoms with Gasteiger partial charge in [0, 0.05) is 34.9 Å². The number of hydrogen-bond donors (Lipinski definition) is 2. The van der Waals surface area contributed by atoms with Gasteiger partial charge in [-0.25, -0.2) is 4.98 Å². The monoisotopic (exact) mass is 447 g/mol. The molecule has 0 saturated carbocycles. The second-order valence-electron chi connectivity index (χ2n) is 5.92. The van der Waals surface area contributed by atoms with Crippen molar-refractivity contribution in [1.82, 2.24) is 10.3 Å². The Hall–Kier alpha value is -2.45. The van der Waals surface area contributed by atoms with E-state index in [4.69, 9.17) is 4.42 Å². The van der Waals surface area contributed by atoms with Crippen molar-refractivity contribution in [2.75, 3.05) is 11.9 Å². The molecule has 0 saturated heterocycles. The molecule has 0 fully saturated rings. The summed E-state index contributed by atoms with van der Waals surface area (Å²) in [7, 11) is 0. The lowest BCUT2D eigenvalue weighted by Gasteiger charge is -2.03. The molecule has 27 heavy (non-hydrogen) atoms. The zero-order valence-corrected chi connectivity index (χ0v) is 17.0. The van der Waals surface area contributed by atoms with E-state index in [9.17, 15) is 9.59 Å². The van der Waals surface area contributed by atoms with E-state index in [0.717, 1.165) is 15.8 Å². The van der Waals surface area contributed by atoms with E-state index in [0.29, 0.717) is 5.13 Å². The SMILES string of the molecule is Cc1cc(Cc2cnc(NC(=O)CCNC(=O)c3ccco3)s2)ccc1Br. The van der Waals surface area contributed by atoms with Crippen LogP contribution in [0, 0.1) is 6.92 Å². The number of hydrogen-bond acceptors (Lipinski definition) is 5. The van der Waals surface area contributed by atoms with Crippen molar-refractivity contribution < 1.29 is 14.0 Å². The minimum Gasteiger partial charge on any atom is -0.459 e. The van der Waals surface area contributed by atoms with Crippen molar-refractivity contribution in [3.63, 3.8) is 0 Å². The van der Waals surface area contributed by atoms with E-state index in [1.165, 1.54) is 28.7 Å². The highest BCUT2D eigenvalue weighted by Gasteiger charge is 2.10. The molecule has 2 aromatic heterocycles. The Kier molecular flexibility index (Phi) is 6.41. The molecular formula is C19H18BrN3O3S. The minimum atomic E-state index is -0.339. The van der Waals surface area contributed by atoms with Crippen LogP contribution in [0.5, 0.6) is 0 Å². The lowest BCUT2D eigenvalue weighted by atomic mass is 10.1. The molecule has 2 heterocycles. The maximum Gasteiger partial charge on any atom is 0.286 e. The van der Waals surface area contributed by atoms with Gasteiger partial charge in [-0.2, -0.15) is 0 Å². The van der Waals surface area contributed by atoms with Crippen molar-refractivity contribution in [3.05, 3.63) is 69.0 Å². The maximum absolute atomic E-state index is 12.0. The summed E-state index contributed by atoms with van der Waals surface area (Å²) in [5.74, 6) is -0.313. The number of anilines is 1. The van der Waals surface area contributed by atoms with Crippen LogP contribution in [-0.4, -0.2) is 23.3 Å². The summed E-state index contributed by atoms with van der Waals surface area (Å²) in [5, 5.41) is 5.96. The summed E-state index contributed by atoms with van der Waals surface area (Å²) in [6.45, 7) is 2.28. The molecule has 3 rings (SSSR count). The second kappa shape index (κ2) is 8.96. The number of nitrogens with one attached hydrogen (secondary N) is 2. The molecule has 6 nitrogen and oxygen atoms in total. The van der Waals surface area contributed by atoms with Crippen LogP contribution in [0.1, 0.15) is 33.0 Å². The average molecular weight is 448 g/mol. The maximum atomic E-state index is 12.0. The largest absolute Gasteiger partial charge is 0.459 e. The first-order valence-corrected chi connectivity index (χ1v) is 9.93. The van der Waals surface area contributed by atoms with E-state index in [-0.39, 0.29) is 30.5 Å². The van der Waals surface area contributed by atoms with Crippen molar-refractivity contribution in [2.24, 2.45) is 0 Å². The number of nitrogens with zero attached hydrogens (tertiary/aromatic N) is 1. The van der Waals surface area contributed by atoms with Crippen LogP contribution in [0.4, 0.5) is 5.13 Å². The summed E-state index contributed by atoms with van der Waals surface area (Å²) in [4.78, 5) is 29.0. The molecule has 2 amide bonds. The molecule has 1 aromatic carbocycles. The molecule has 0 aliphatic rings. The third-order valence-electron chi connectivity index (χ3n) is 3.78. The number of halogens is 1. The summed E-state index contributed by atoms with van der Waals surface area (Å²) in [5.41, 5.74) is 2.38. The van der Waals surface area contributed by atoms with Gasteiger partial charge in [0.05, 0.1) is 6.26 Å². The summed E-state index contributed by atoms with van der Waals surface area (Å²) < 4.78 is 6.08.